The van der Waals surface area contributed by atoms with Gasteiger partial charge in [-0.25, -0.2) is 0 Å². The van der Waals surface area contributed by atoms with Gasteiger partial charge in [0.25, 0.3) is 0 Å². The van der Waals surface area contributed by atoms with E-state index in [1.54, 1.807) is 6.08 Å². The van der Waals surface area contributed by atoms with E-state index in [9.17, 15) is 9.90 Å². The summed E-state index contributed by atoms with van der Waals surface area (Å²) in [6.45, 7) is 2.89. The number of aryl methyl sites for hydroxylation is 1. The smallest absolute Gasteiger partial charge is 0.246 e. The molecule has 23 heavy (non-hydrogen) atoms. The van der Waals surface area contributed by atoms with Gasteiger partial charge < -0.3 is 14.6 Å². The second kappa shape index (κ2) is 6.59. The molecule has 0 aliphatic carbocycles. The fourth-order valence-electron chi connectivity index (χ4n) is 3.40. The Morgan fingerprint density at radius 3 is 2.91 bits per heavy atom. The molecule has 0 radical (unpaired) electrons. The first-order valence-corrected chi connectivity index (χ1v) is 8.23. The van der Waals surface area contributed by atoms with Crippen molar-refractivity contribution in [2.24, 2.45) is 13.0 Å². The fourth-order valence-corrected chi connectivity index (χ4v) is 3.40. The zero-order chi connectivity index (χ0) is 16.4. The molecule has 1 fully saturated rings. The maximum Gasteiger partial charge on any atom is 0.246 e. The lowest BCUT2D eigenvalue weighted by molar-refractivity contribution is -0.130. The van der Waals surface area contributed by atoms with Gasteiger partial charge in [-0.15, -0.1) is 0 Å². The molecular formula is C19H24N2O2. The average molecular weight is 312 g/mol. The molecule has 3 rings (SSSR count). The first-order chi connectivity index (χ1) is 11.1. The van der Waals surface area contributed by atoms with Gasteiger partial charge in [0.2, 0.25) is 5.91 Å². The van der Waals surface area contributed by atoms with Crippen molar-refractivity contribution in [3.05, 3.63) is 42.1 Å². The molecule has 0 spiro atoms. The number of rotatable bonds is 3. The number of likely N-dealkylation sites (tertiary alicyclic amines) is 1. The molecule has 4 heteroatoms. The quantitative estimate of drug-likeness (QED) is 0.886. The third kappa shape index (κ3) is 3.17. The number of hydrogen-bond donors (Lipinski definition) is 1. The Labute approximate surface area is 137 Å². The maximum absolute atomic E-state index is 12.5. The van der Waals surface area contributed by atoms with E-state index in [0.717, 1.165) is 29.3 Å². The molecule has 2 heterocycles. The van der Waals surface area contributed by atoms with Crippen molar-refractivity contribution in [1.29, 1.82) is 0 Å². The van der Waals surface area contributed by atoms with E-state index in [0.29, 0.717) is 6.54 Å². The number of aliphatic hydroxyl groups is 1. The fraction of sp³-hybridized carbons (Fsp3) is 0.421. The number of hydrogen-bond acceptors (Lipinski definition) is 2. The van der Waals surface area contributed by atoms with E-state index in [1.165, 1.54) is 0 Å². The van der Waals surface area contributed by atoms with Crippen LogP contribution >= 0.6 is 0 Å². The summed E-state index contributed by atoms with van der Waals surface area (Å²) in [5, 5.41) is 10.5. The van der Waals surface area contributed by atoms with Crippen LogP contribution in [0.3, 0.4) is 0 Å². The van der Waals surface area contributed by atoms with Crippen LogP contribution in [0.1, 0.15) is 25.3 Å². The van der Waals surface area contributed by atoms with E-state index < -0.39 is 0 Å². The van der Waals surface area contributed by atoms with Crippen molar-refractivity contribution in [1.82, 2.24) is 9.47 Å². The van der Waals surface area contributed by atoms with Crippen molar-refractivity contribution in [2.75, 3.05) is 13.2 Å². The lowest BCUT2D eigenvalue weighted by Gasteiger charge is -2.36. The number of carbonyl (C=O) groups excluding carboxylic acids is 1. The topological polar surface area (TPSA) is 45.5 Å². The Kier molecular flexibility index (Phi) is 4.53. The van der Waals surface area contributed by atoms with Gasteiger partial charge in [0, 0.05) is 55.0 Å². The van der Waals surface area contributed by atoms with E-state index in [2.05, 4.69) is 23.6 Å². The number of piperidine rings is 1. The monoisotopic (exact) mass is 312 g/mol. The van der Waals surface area contributed by atoms with Crippen molar-refractivity contribution < 1.29 is 9.90 Å². The van der Waals surface area contributed by atoms with Gasteiger partial charge in [-0.2, -0.15) is 0 Å². The highest BCUT2D eigenvalue weighted by molar-refractivity contribution is 5.96. The minimum absolute atomic E-state index is 0.0311. The number of nitrogens with zero attached hydrogens (tertiary/aromatic N) is 2. The minimum atomic E-state index is 0.0311. The van der Waals surface area contributed by atoms with Gasteiger partial charge in [-0.3, -0.25) is 4.79 Å². The van der Waals surface area contributed by atoms with Crippen LogP contribution in [0.4, 0.5) is 0 Å². The van der Waals surface area contributed by atoms with E-state index in [-0.39, 0.29) is 24.5 Å². The molecule has 1 N–H and O–H groups in total. The molecule has 2 aromatic rings. The van der Waals surface area contributed by atoms with Gasteiger partial charge in [0.1, 0.15) is 0 Å². The van der Waals surface area contributed by atoms with Gasteiger partial charge in [0.15, 0.2) is 0 Å². The van der Waals surface area contributed by atoms with Gasteiger partial charge in [0.05, 0.1) is 0 Å². The van der Waals surface area contributed by atoms with Gasteiger partial charge in [-0.1, -0.05) is 18.2 Å². The standard InChI is InChI=1S/C19H24N2O2/c1-14-7-8-15(13-22)11-21(14)19(23)10-9-16-12-20(2)18-6-4-3-5-17(16)18/h3-6,9-10,12,14-15,22H,7-8,11,13H2,1-2H3/b10-9+. The zero-order valence-electron chi connectivity index (χ0n) is 13.8. The molecule has 0 bridgehead atoms. The summed E-state index contributed by atoms with van der Waals surface area (Å²) in [5.41, 5.74) is 2.21. The van der Waals surface area contributed by atoms with Crippen molar-refractivity contribution in [2.45, 2.75) is 25.8 Å². The Morgan fingerprint density at radius 2 is 2.13 bits per heavy atom. The highest BCUT2D eigenvalue weighted by Crippen LogP contribution is 2.24. The zero-order valence-corrected chi connectivity index (χ0v) is 13.8. The summed E-state index contributed by atoms with van der Waals surface area (Å²) < 4.78 is 2.07. The third-order valence-corrected chi connectivity index (χ3v) is 4.85. The third-order valence-electron chi connectivity index (χ3n) is 4.85. The Bertz CT molecular complexity index is 732. The Balaban J connectivity index is 1.79. The van der Waals surface area contributed by atoms with Crippen LogP contribution in [-0.2, 0) is 11.8 Å². The van der Waals surface area contributed by atoms with E-state index in [1.807, 2.05) is 36.4 Å². The number of amides is 1. The molecule has 4 nitrogen and oxygen atoms in total. The van der Waals surface area contributed by atoms with E-state index in [4.69, 9.17) is 0 Å². The van der Waals surface area contributed by atoms with Crippen LogP contribution in [0.2, 0.25) is 0 Å². The van der Waals surface area contributed by atoms with Gasteiger partial charge >= 0.3 is 0 Å². The first-order valence-electron chi connectivity index (χ1n) is 8.23. The number of carbonyl (C=O) groups is 1. The summed E-state index contributed by atoms with van der Waals surface area (Å²) >= 11 is 0. The SMILES string of the molecule is CC1CCC(CO)CN1C(=O)/C=C/c1cn(C)c2ccccc12. The Hall–Kier alpha value is -2.07. The maximum atomic E-state index is 12.5. The molecule has 1 saturated heterocycles. The molecular weight excluding hydrogens is 288 g/mol. The number of fused-ring (bicyclic) bond motifs is 1. The first kappa shape index (κ1) is 15.8. The second-order valence-corrected chi connectivity index (χ2v) is 6.51. The highest BCUT2D eigenvalue weighted by atomic mass is 16.3. The summed E-state index contributed by atoms with van der Waals surface area (Å²) in [4.78, 5) is 14.4. The predicted octanol–water partition coefficient (Wildman–Crippen LogP) is 2.81. The summed E-state index contributed by atoms with van der Waals surface area (Å²) in [7, 11) is 2.01. The van der Waals surface area contributed by atoms with Crippen molar-refractivity contribution >= 4 is 22.9 Å². The molecule has 122 valence electrons. The summed E-state index contributed by atoms with van der Waals surface area (Å²) in [6, 6.07) is 8.42. The van der Waals surface area contributed by atoms with Gasteiger partial charge in [-0.05, 0) is 37.8 Å². The highest BCUT2D eigenvalue weighted by Gasteiger charge is 2.27. The van der Waals surface area contributed by atoms with Crippen LogP contribution in [0.5, 0.6) is 0 Å². The number of aliphatic hydroxyl groups excluding tert-OH is 1. The molecule has 1 aromatic carbocycles. The van der Waals surface area contributed by atoms with E-state index >= 15 is 0 Å². The van der Waals surface area contributed by atoms with Crippen LogP contribution in [0.15, 0.2) is 36.5 Å². The largest absolute Gasteiger partial charge is 0.396 e. The number of benzene rings is 1. The molecule has 0 saturated carbocycles. The van der Waals surface area contributed by atoms with Crippen LogP contribution in [-0.4, -0.2) is 39.7 Å². The van der Waals surface area contributed by atoms with Crippen molar-refractivity contribution in [3.8, 4) is 0 Å². The molecule has 2 atom stereocenters. The normalized spacial score (nSPS) is 22.1. The second-order valence-electron chi connectivity index (χ2n) is 6.51. The lowest BCUT2D eigenvalue weighted by atomic mass is 9.94. The summed E-state index contributed by atoms with van der Waals surface area (Å²) in [5.74, 6) is 0.240. The number of aromatic nitrogens is 1. The molecule has 1 aliphatic heterocycles. The predicted molar refractivity (Wildman–Crippen MR) is 92.9 cm³/mol. The summed E-state index contributed by atoms with van der Waals surface area (Å²) in [6.07, 6.45) is 7.57. The average Bonchev–Trinajstić information content (AvgIpc) is 2.90. The minimum Gasteiger partial charge on any atom is -0.396 e. The molecule has 1 aliphatic rings. The van der Waals surface area contributed by atoms with Crippen LogP contribution in [0.25, 0.3) is 17.0 Å². The molecule has 1 aromatic heterocycles. The van der Waals surface area contributed by atoms with Crippen molar-refractivity contribution in [3.63, 3.8) is 0 Å². The molecule has 2 unspecified atom stereocenters. The molecule has 1 amide bonds. The number of para-hydroxylation sites is 1. The van der Waals surface area contributed by atoms with Crippen LogP contribution < -0.4 is 0 Å². The lowest BCUT2D eigenvalue weighted by Crippen LogP contribution is -2.45. The Morgan fingerprint density at radius 1 is 1.35 bits per heavy atom. The van der Waals surface area contributed by atoms with Crippen LogP contribution in [0, 0.1) is 5.92 Å².